The van der Waals surface area contributed by atoms with Crippen LogP contribution in [-0.2, 0) is 15.7 Å². The van der Waals surface area contributed by atoms with Crippen LogP contribution in [0.2, 0.25) is 0 Å². The molecule has 0 fully saturated rings. The molecule has 0 saturated carbocycles. The minimum absolute atomic E-state index is 0.0524. The fourth-order valence-corrected chi connectivity index (χ4v) is 1.68. The van der Waals surface area contributed by atoms with Gasteiger partial charge in [-0.1, -0.05) is 18.2 Å². The third kappa shape index (κ3) is 5.18. The van der Waals surface area contributed by atoms with Gasteiger partial charge in [-0.3, -0.25) is 0 Å². The molecule has 0 spiro atoms. The van der Waals surface area contributed by atoms with E-state index in [4.69, 9.17) is 15.2 Å². The SMILES string of the molecule is COCCCOCC(N)c1ccccc1C(F)(F)F. The molecule has 3 nitrogen and oxygen atoms in total. The smallest absolute Gasteiger partial charge is 0.385 e. The first-order valence-corrected chi connectivity index (χ1v) is 5.95. The lowest BCUT2D eigenvalue weighted by Crippen LogP contribution is -2.22. The number of ether oxygens (including phenoxy) is 2. The Balaban J connectivity index is 2.59. The third-order valence-corrected chi connectivity index (χ3v) is 2.60. The van der Waals surface area contributed by atoms with Gasteiger partial charge in [0.05, 0.1) is 18.2 Å². The van der Waals surface area contributed by atoms with Crippen LogP contribution in [0.15, 0.2) is 24.3 Å². The predicted octanol–water partition coefficient (Wildman–Crippen LogP) is 2.76. The number of hydrogen-bond donors (Lipinski definition) is 1. The molecule has 0 aliphatic carbocycles. The van der Waals surface area contributed by atoms with Crippen LogP contribution < -0.4 is 5.73 Å². The van der Waals surface area contributed by atoms with Crippen molar-refractivity contribution in [3.63, 3.8) is 0 Å². The Bertz CT molecular complexity index is 382. The molecule has 1 unspecified atom stereocenters. The second-order valence-corrected chi connectivity index (χ2v) is 4.11. The highest BCUT2D eigenvalue weighted by atomic mass is 19.4. The largest absolute Gasteiger partial charge is 0.416 e. The van der Waals surface area contributed by atoms with E-state index >= 15 is 0 Å². The fraction of sp³-hybridized carbons (Fsp3) is 0.538. The quantitative estimate of drug-likeness (QED) is 0.779. The molecule has 19 heavy (non-hydrogen) atoms. The van der Waals surface area contributed by atoms with E-state index in [1.807, 2.05) is 0 Å². The minimum Gasteiger partial charge on any atom is -0.385 e. The summed E-state index contributed by atoms with van der Waals surface area (Å²) in [5.41, 5.74) is 5.10. The van der Waals surface area contributed by atoms with Gasteiger partial charge >= 0.3 is 6.18 Å². The summed E-state index contributed by atoms with van der Waals surface area (Å²) in [7, 11) is 1.57. The fourth-order valence-electron chi connectivity index (χ4n) is 1.68. The van der Waals surface area contributed by atoms with E-state index < -0.39 is 17.8 Å². The molecule has 1 atom stereocenters. The van der Waals surface area contributed by atoms with Crippen LogP contribution in [0.5, 0.6) is 0 Å². The van der Waals surface area contributed by atoms with Crippen LogP contribution in [0.25, 0.3) is 0 Å². The molecule has 0 heterocycles. The number of nitrogens with two attached hydrogens (primary N) is 1. The Morgan fingerprint density at radius 2 is 1.89 bits per heavy atom. The molecule has 2 N–H and O–H groups in total. The van der Waals surface area contributed by atoms with Crippen molar-refractivity contribution >= 4 is 0 Å². The predicted molar refractivity (Wildman–Crippen MR) is 65.7 cm³/mol. The lowest BCUT2D eigenvalue weighted by molar-refractivity contribution is -0.138. The van der Waals surface area contributed by atoms with E-state index in [9.17, 15) is 13.2 Å². The molecule has 0 aromatic heterocycles. The van der Waals surface area contributed by atoms with E-state index in [0.717, 1.165) is 6.07 Å². The van der Waals surface area contributed by atoms with Gasteiger partial charge in [0.2, 0.25) is 0 Å². The molecule has 0 aliphatic heterocycles. The van der Waals surface area contributed by atoms with Gasteiger partial charge in [-0.25, -0.2) is 0 Å². The van der Waals surface area contributed by atoms with Crippen molar-refractivity contribution in [2.24, 2.45) is 5.73 Å². The van der Waals surface area contributed by atoms with E-state index in [0.29, 0.717) is 19.6 Å². The lowest BCUT2D eigenvalue weighted by Gasteiger charge is -2.18. The maximum Gasteiger partial charge on any atom is 0.416 e. The summed E-state index contributed by atoms with van der Waals surface area (Å²) in [6.45, 7) is 1.01. The number of methoxy groups -OCH3 is 1. The Morgan fingerprint density at radius 1 is 1.21 bits per heavy atom. The number of hydrogen-bond acceptors (Lipinski definition) is 3. The summed E-state index contributed by atoms with van der Waals surface area (Å²) < 4.78 is 48.4. The first-order chi connectivity index (χ1) is 8.96. The van der Waals surface area contributed by atoms with Crippen molar-refractivity contribution in [2.45, 2.75) is 18.6 Å². The van der Waals surface area contributed by atoms with Gasteiger partial charge in [-0.15, -0.1) is 0 Å². The Labute approximate surface area is 110 Å². The first-order valence-electron chi connectivity index (χ1n) is 5.95. The van der Waals surface area contributed by atoms with Crippen molar-refractivity contribution in [1.82, 2.24) is 0 Å². The van der Waals surface area contributed by atoms with Crippen LogP contribution in [0.3, 0.4) is 0 Å². The lowest BCUT2D eigenvalue weighted by atomic mass is 10.0. The molecule has 6 heteroatoms. The second-order valence-electron chi connectivity index (χ2n) is 4.11. The zero-order valence-corrected chi connectivity index (χ0v) is 10.7. The third-order valence-electron chi connectivity index (χ3n) is 2.60. The molecule has 108 valence electrons. The van der Waals surface area contributed by atoms with E-state index in [-0.39, 0.29) is 12.2 Å². The first kappa shape index (κ1) is 15.9. The number of alkyl halides is 3. The van der Waals surface area contributed by atoms with Gasteiger partial charge in [0.1, 0.15) is 0 Å². The molecule has 0 aliphatic rings. The van der Waals surface area contributed by atoms with Gasteiger partial charge in [-0.2, -0.15) is 13.2 Å². The number of benzene rings is 1. The van der Waals surface area contributed by atoms with Gasteiger partial charge < -0.3 is 15.2 Å². The minimum atomic E-state index is -4.40. The van der Waals surface area contributed by atoms with Crippen molar-refractivity contribution in [3.05, 3.63) is 35.4 Å². The highest BCUT2D eigenvalue weighted by molar-refractivity contribution is 5.32. The monoisotopic (exact) mass is 277 g/mol. The van der Waals surface area contributed by atoms with Crippen molar-refractivity contribution in [3.8, 4) is 0 Å². The van der Waals surface area contributed by atoms with Crippen molar-refractivity contribution in [1.29, 1.82) is 0 Å². The van der Waals surface area contributed by atoms with Crippen molar-refractivity contribution in [2.75, 3.05) is 26.9 Å². The van der Waals surface area contributed by atoms with Gasteiger partial charge in [-0.05, 0) is 18.1 Å². The van der Waals surface area contributed by atoms with E-state index in [1.165, 1.54) is 18.2 Å². The Morgan fingerprint density at radius 3 is 2.53 bits per heavy atom. The molecule has 1 rings (SSSR count). The highest BCUT2D eigenvalue weighted by Crippen LogP contribution is 2.33. The standard InChI is InChI=1S/C13H18F3NO2/c1-18-7-4-8-19-9-12(17)10-5-2-3-6-11(10)13(14,15)16/h2-3,5-6,12H,4,7-9,17H2,1H3. The molecule has 1 aromatic rings. The average Bonchev–Trinajstić information content (AvgIpc) is 2.37. The molecule has 0 radical (unpaired) electrons. The summed E-state index contributed by atoms with van der Waals surface area (Å²) >= 11 is 0. The molecule has 0 bridgehead atoms. The van der Waals surface area contributed by atoms with Crippen LogP contribution in [0.4, 0.5) is 13.2 Å². The van der Waals surface area contributed by atoms with Gasteiger partial charge in [0.25, 0.3) is 0 Å². The second kappa shape index (κ2) is 7.47. The molecular weight excluding hydrogens is 259 g/mol. The molecule has 0 amide bonds. The van der Waals surface area contributed by atoms with E-state index in [2.05, 4.69) is 0 Å². The van der Waals surface area contributed by atoms with Crippen LogP contribution in [0.1, 0.15) is 23.6 Å². The van der Waals surface area contributed by atoms with Gasteiger partial charge in [0, 0.05) is 20.3 Å². The maximum atomic E-state index is 12.8. The Kier molecular flexibility index (Phi) is 6.27. The maximum absolute atomic E-state index is 12.8. The topological polar surface area (TPSA) is 44.5 Å². The normalized spacial score (nSPS) is 13.5. The summed E-state index contributed by atoms with van der Waals surface area (Å²) in [6.07, 6.45) is -3.71. The summed E-state index contributed by atoms with van der Waals surface area (Å²) in [4.78, 5) is 0. The zero-order valence-electron chi connectivity index (χ0n) is 10.7. The van der Waals surface area contributed by atoms with Crippen LogP contribution >= 0.6 is 0 Å². The van der Waals surface area contributed by atoms with Gasteiger partial charge in [0.15, 0.2) is 0 Å². The molecule has 0 saturated heterocycles. The van der Waals surface area contributed by atoms with Crippen LogP contribution in [-0.4, -0.2) is 26.9 Å². The average molecular weight is 277 g/mol. The zero-order chi connectivity index (χ0) is 14.3. The Hall–Kier alpha value is -1.11. The number of halogens is 3. The van der Waals surface area contributed by atoms with Crippen molar-refractivity contribution < 1.29 is 22.6 Å². The highest BCUT2D eigenvalue weighted by Gasteiger charge is 2.34. The summed E-state index contributed by atoms with van der Waals surface area (Å²) in [5, 5.41) is 0. The summed E-state index contributed by atoms with van der Waals surface area (Å²) in [6, 6.07) is 4.50. The molecule has 1 aromatic carbocycles. The van der Waals surface area contributed by atoms with Crippen LogP contribution in [0, 0.1) is 0 Å². The molecular formula is C13H18F3NO2. The summed E-state index contributed by atoms with van der Waals surface area (Å²) in [5.74, 6) is 0. The van der Waals surface area contributed by atoms with E-state index in [1.54, 1.807) is 7.11 Å². The number of rotatable bonds is 7.